The monoisotopic (exact) mass is 168 g/mol. The summed E-state index contributed by atoms with van der Waals surface area (Å²) in [6, 6.07) is 1.89. The van der Waals surface area contributed by atoms with E-state index in [4.69, 9.17) is 9.26 Å². The van der Waals surface area contributed by atoms with Crippen molar-refractivity contribution < 1.29 is 9.26 Å². The molecule has 0 radical (unpaired) electrons. The second kappa shape index (κ2) is 3.25. The third-order valence-electron chi connectivity index (χ3n) is 1.88. The van der Waals surface area contributed by atoms with Crippen LogP contribution in [0.2, 0.25) is 0 Å². The molecule has 4 nitrogen and oxygen atoms in total. The lowest BCUT2D eigenvalue weighted by molar-refractivity contribution is -0.00201. The highest BCUT2D eigenvalue weighted by molar-refractivity contribution is 5.01. The molecule has 0 aliphatic carbocycles. The predicted molar refractivity (Wildman–Crippen MR) is 42.7 cm³/mol. The molecule has 1 fully saturated rings. The van der Waals surface area contributed by atoms with Crippen molar-refractivity contribution >= 4 is 0 Å². The average Bonchev–Trinajstić information content (AvgIpc) is 2.32. The summed E-state index contributed by atoms with van der Waals surface area (Å²) >= 11 is 0. The van der Waals surface area contributed by atoms with E-state index in [0.717, 1.165) is 24.5 Å². The highest BCUT2D eigenvalue weighted by atomic mass is 16.5. The molecule has 1 aliphatic heterocycles. The van der Waals surface area contributed by atoms with Gasteiger partial charge in [-0.25, -0.2) is 0 Å². The molecule has 12 heavy (non-hydrogen) atoms. The molecule has 1 aromatic rings. The van der Waals surface area contributed by atoms with E-state index in [1.54, 1.807) is 0 Å². The fourth-order valence-electron chi connectivity index (χ4n) is 1.06. The van der Waals surface area contributed by atoms with E-state index < -0.39 is 0 Å². The van der Waals surface area contributed by atoms with Gasteiger partial charge in [-0.2, -0.15) is 0 Å². The van der Waals surface area contributed by atoms with Crippen LogP contribution in [0.1, 0.15) is 11.5 Å². The first-order valence-electron chi connectivity index (χ1n) is 4.09. The Bertz CT molecular complexity index is 255. The lowest BCUT2D eigenvalue weighted by atomic mass is 10.2. The van der Waals surface area contributed by atoms with Gasteiger partial charge in [-0.1, -0.05) is 5.16 Å². The van der Waals surface area contributed by atoms with Crippen LogP contribution in [-0.2, 0) is 11.3 Å². The minimum absolute atomic E-state index is 0.357. The van der Waals surface area contributed by atoms with Gasteiger partial charge in [0.1, 0.15) is 6.61 Å². The van der Waals surface area contributed by atoms with Crippen LogP contribution in [0.5, 0.6) is 0 Å². The lowest BCUT2D eigenvalue weighted by Gasteiger charge is -2.26. The number of hydrogen-bond donors (Lipinski definition) is 1. The van der Waals surface area contributed by atoms with Crippen molar-refractivity contribution in [3.05, 3.63) is 17.5 Å². The molecule has 0 aromatic carbocycles. The summed E-state index contributed by atoms with van der Waals surface area (Å²) in [5.74, 6) is 0.805. The van der Waals surface area contributed by atoms with E-state index in [-0.39, 0.29) is 0 Å². The van der Waals surface area contributed by atoms with Gasteiger partial charge >= 0.3 is 0 Å². The fraction of sp³-hybridized carbons (Fsp3) is 0.625. The molecule has 2 heterocycles. The average molecular weight is 168 g/mol. The number of nitrogens with one attached hydrogen (secondary N) is 1. The molecule has 1 aromatic heterocycles. The molecule has 1 saturated heterocycles. The van der Waals surface area contributed by atoms with Gasteiger partial charge in [0.05, 0.1) is 11.8 Å². The Morgan fingerprint density at radius 3 is 3.08 bits per heavy atom. The molecule has 4 heteroatoms. The van der Waals surface area contributed by atoms with Crippen LogP contribution in [0.25, 0.3) is 0 Å². The number of rotatable bonds is 3. The van der Waals surface area contributed by atoms with Crippen molar-refractivity contribution in [2.75, 3.05) is 13.1 Å². The number of ether oxygens (including phenoxy) is 1. The van der Waals surface area contributed by atoms with Crippen LogP contribution in [0.4, 0.5) is 0 Å². The zero-order chi connectivity index (χ0) is 8.39. The summed E-state index contributed by atoms with van der Waals surface area (Å²) in [5, 5.41) is 6.90. The summed E-state index contributed by atoms with van der Waals surface area (Å²) in [4.78, 5) is 0. The van der Waals surface area contributed by atoms with Crippen LogP contribution in [0.15, 0.2) is 10.6 Å². The SMILES string of the molecule is Cc1cc(COC2CNC2)on1. The number of hydrogen-bond acceptors (Lipinski definition) is 4. The number of nitrogens with zero attached hydrogens (tertiary/aromatic N) is 1. The molecule has 0 spiro atoms. The first kappa shape index (κ1) is 7.76. The van der Waals surface area contributed by atoms with Crippen molar-refractivity contribution in [2.45, 2.75) is 19.6 Å². The highest BCUT2D eigenvalue weighted by Crippen LogP contribution is 2.07. The standard InChI is InChI=1S/C8H12N2O2/c1-6-2-7(12-10-6)5-11-8-3-9-4-8/h2,8-9H,3-5H2,1H3. The maximum Gasteiger partial charge on any atom is 0.162 e. The molecule has 1 N–H and O–H groups in total. The van der Waals surface area contributed by atoms with E-state index in [2.05, 4.69) is 10.5 Å². The minimum atomic E-state index is 0.357. The van der Waals surface area contributed by atoms with Crippen molar-refractivity contribution in [3.8, 4) is 0 Å². The summed E-state index contributed by atoms with van der Waals surface area (Å²) in [7, 11) is 0. The topological polar surface area (TPSA) is 47.3 Å². The Morgan fingerprint density at radius 2 is 2.58 bits per heavy atom. The first-order chi connectivity index (χ1) is 5.84. The molecule has 0 saturated carbocycles. The molecule has 1 aliphatic rings. The Hall–Kier alpha value is -0.870. The van der Waals surface area contributed by atoms with Gasteiger partial charge in [0.25, 0.3) is 0 Å². The van der Waals surface area contributed by atoms with Gasteiger partial charge in [-0.3, -0.25) is 0 Å². The molecule has 0 unspecified atom stereocenters. The van der Waals surface area contributed by atoms with E-state index >= 15 is 0 Å². The van der Waals surface area contributed by atoms with Crippen molar-refractivity contribution in [1.29, 1.82) is 0 Å². The van der Waals surface area contributed by atoms with E-state index in [1.165, 1.54) is 0 Å². The Balaban J connectivity index is 1.79. The van der Waals surface area contributed by atoms with Crippen LogP contribution >= 0.6 is 0 Å². The van der Waals surface area contributed by atoms with Gasteiger partial charge in [0.15, 0.2) is 5.76 Å². The minimum Gasteiger partial charge on any atom is -0.368 e. The lowest BCUT2D eigenvalue weighted by Crippen LogP contribution is -2.48. The Morgan fingerprint density at radius 1 is 1.75 bits per heavy atom. The van der Waals surface area contributed by atoms with Crippen LogP contribution in [0.3, 0.4) is 0 Å². The normalized spacial score (nSPS) is 17.8. The predicted octanol–water partition coefficient (Wildman–Crippen LogP) is 0.471. The van der Waals surface area contributed by atoms with Gasteiger partial charge < -0.3 is 14.6 Å². The molecule has 66 valence electrons. The Labute approximate surface area is 70.9 Å². The van der Waals surface area contributed by atoms with E-state index in [9.17, 15) is 0 Å². The van der Waals surface area contributed by atoms with E-state index in [1.807, 2.05) is 13.0 Å². The third kappa shape index (κ3) is 1.65. The van der Waals surface area contributed by atoms with Gasteiger partial charge in [-0.05, 0) is 6.92 Å². The van der Waals surface area contributed by atoms with Crippen molar-refractivity contribution in [1.82, 2.24) is 10.5 Å². The quantitative estimate of drug-likeness (QED) is 0.712. The summed E-state index contributed by atoms with van der Waals surface area (Å²) in [6.45, 7) is 4.34. The van der Waals surface area contributed by atoms with Crippen molar-refractivity contribution in [2.24, 2.45) is 0 Å². The van der Waals surface area contributed by atoms with Crippen LogP contribution in [-0.4, -0.2) is 24.4 Å². The maximum absolute atomic E-state index is 5.48. The van der Waals surface area contributed by atoms with Gasteiger partial charge in [0.2, 0.25) is 0 Å². The van der Waals surface area contributed by atoms with Gasteiger partial charge in [0, 0.05) is 19.2 Å². The van der Waals surface area contributed by atoms with E-state index in [0.29, 0.717) is 12.7 Å². The third-order valence-corrected chi connectivity index (χ3v) is 1.88. The van der Waals surface area contributed by atoms with Crippen LogP contribution in [0, 0.1) is 6.92 Å². The molecule has 0 atom stereocenters. The zero-order valence-electron chi connectivity index (χ0n) is 7.04. The number of aromatic nitrogens is 1. The molecule has 0 amide bonds. The summed E-state index contributed by atoms with van der Waals surface area (Å²) in [5.41, 5.74) is 0.903. The number of aryl methyl sites for hydroxylation is 1. The zero-order valence-corrected chi connectivity index (χ0v) is 7.04. The molecule has 2 rings (SSSR count). The highest BCUT2D eigenvalue weighted by Gasteiger charge is 2.17. The molecule has 0 bridgehead atoms. The van der Waals surface area contributed by atoms with Gasteiger partial charge in [-0.15, -0.1) is 0 Å². The second-order valence-electron chi connectivity index (χ2n) is 3.03. The Kier molecular flexibility index (Phi) is 2.10. The largest absolute Gasteiger partial charge is 0.368 e. The smallest absolute Gasteiger partial charge is 0.162 e. The maximum atomic E-state index is 5.48. The fourth-order valence-corrected chi connectivity index (χ4v) is 1.06. The summed E-state index contributed by atoms with van der Waals surface area (Å²) < 4.78 is 10.5. The van der Waals surface area contributed by atoms with Crippen molar-refractivity contribution in [3.63, 3.8) is 0 Å². The first-order valence-corrected chi connectivity index (χ1v) is 4.09. The second-order valence-corrected chi connectivity index (χ2v) is 3.03. The molecular formula is C8H12N2O2. The summed E-state index contributed by atoms with van der Waals surface area (Å²) in [6.07, 6.45) is 0.357. The van der Waals surface area contributed by atoms with Crippen LogP contribution < -0.4 is 5.32 Å². The molecular weight excluding hydrogens is 156 g/mol.